The van der Waals surface area contributed by atoms with Gasteiger partial charge in [0.1, 0.15) is 36.0 Å². The summed E-state index contributed by atoms with van der Waals surface area (Å²) in [6.07, 6.45) is 0.475. The summed E-state index contributed by atoms with van der Waals surface area (Å²) in [6, 6.07) is 3.75. The van der Waals surface area contributed by atoms with Crippen LogP contribution in [0.5, 0.6) is 0 Å². The van der Waals surface area contributed by atoms with Gasteiger partial charge >= 0.3 is 36.3 Å². The zero-order chi connectivity index (χ0) is 49.1. The van der Waals surface area contributed by atoms with Crippen LogP contribution in [0.1, 0.15) is 47.8 Å². The number of carboxylic acids is 2. The average molecular weight is 1070 g/mol. The number of aromatic nitrogens is 5. The number of carbonyl (C=O) groups excluding carboxylic acids is 1. The second-order valence-electron chi connectivity index (χ2n) is 13.0. The van der Waals surface area contributed by atoms with Crippen molar-refractivity contribution in [1.82, 2.24) is 29.4 Å². The number of carbonyl (C=O) groups is 3. The van der Waals surface area contributed by atoms with E-state index in [0.717, 1.165) is 38.2 Å². The fourth-order valence-corrected chi connectivity index (χ4v) is 6.27. The Balaban J connectivity index is 0.000000487. The van der Waals surface area contributed by atoms with Crippen molar-refractivity contribution >= 4 is 87.1 Å². The quantitative estimate of drug-likeness (QED) is 0.0384. The van der Waals surface area contributed by atoms with E-state index in [1.807, 2.05) is 5.32 Å². The van der Waals surface area contributed by atoms with E-state index in [0.29, 0.717) is 20.3 Å². The van der Waals surface area contributed by atoms with Gasteiger partial charge in [-0.1, -0.05) is 23.2 Å². The molecule has 0 aliphatic carbocycles. The van der Waals surface area contributed by atoms with Crippen molar-refractivity contribution in [2.45, 2.75) is 51.4 Å². The van der Waals surface area contributed by atoms with Gasteiger partial charge < -0.3 is 29.3 Å². The van der Waals surface area contributed by atoms with Crippen molar-refractivity contribution in [3.8, 4) is 16.9 Å². The lowest BCUT2D eigenvalue weighted by Gasteiger charge is -2.14. The first-order chi connectivity index (χ1) is 28.7. The molecular formula is C34H38BrCl3F7N6O10PS. The Labute approximate surface area is 379 Å². The third kappa shape index (κ3) is 18.0. The molecule has 2 unspecified atom stereocenters. The summed E-state index contributed by atoms with van der Waals surface area (Å²) in [5.74, 6) is -5.51. The zero-order valence-electron chi connectivity index (χ0n) is 33.6. The highest BCUT2D eigenvalue weighted by molar-refractivity contribution is 9.10. The van der Waals surface area contributed by atoms with Crippen LogP contribution >= 0.6 is 58.3 Å². The molecule has 0 amide bonds. The third-order valence-corrected chi connectivity index (χ3v) is 9.29. The first-order valence-electron chi connectivity index (χ1n) is 17.0. The number of alkyl halides is 6. The highest BCUT2D eigenvalue weighted by Gasteiger charge is 2.39. The second kappa shape index (κ2) is 24.6. The normalized spacial score (nSPS) is 12.7. The maximum atomic E-state index is 14.3. The van der Waals surface area contributed by atoms with Gasteiger partial charge in [0.15, 0.2) is 11.5 Å². The van der Waals surface area contributed by atoms with Gasteiger partial charge in [-0.3, -0.25) is 19.6 Å². The number of halogens is 11. The van der Waals surface area contributed by atoms with E-state index in [1.54, 1.807) is 13.8 Å². The molecule has 0 aliphatic rings. The summed E-state index contributed by atoms with van der Waals surface area (Å²) in [7, 11) is -2.63. The van der Waals surface area contributed by atoms with E-state index in [4.69, 9.17) is 54.6 Å². The standard InChI is InChI=1S/C15H12BrClF4N2O2.C13H10Cl2F3N3O3.C3H8NO5P.C3H9S/c1-6(2)25-14(24)7-4-8(10(18)5-9(7)17)12-11(16)13(15(19,20)21)23(3)22-12;1-5-19-21(13(24)20(5)12(17)18)10-3-6(2-8(15)11(22)23)7(14)4-9(10)16;5-3(6)1-4-2-10(7,8)9;1-4(2)3/h4-6H,1-3H3;3-4,8,12H,2H2,1H3,(H,22,23);4H,1-2H2,(H,5,6)(H2,7,8,9);1-3H3/q;;;+1/p-1. The predicted octanol–water partition coefficient (Wildman–Crippen LogP) is 6.65. The Hall–Kier alpha value is -3.68. The van der Waals surface area contributed by atoms with Crippen molar-refractivity contribution in [1.29, 1.82) is 0 Å². The number of nitrogens with zero attached hydrogens (tertiary/aromatic N) is 5. The number of aryl methyl sites for hydroxylation is 2. The molecular weight excluding hydrogens is 1030 g/mol. The molecule has 4 N–H and O–H groups in total. The molecule has 63 heavy (non-hydrogen) atoms. The van der Waals surface area contributed by atoms with Gasteiger partial charge in [0.2, 0.25) is 0 Å². The number of rotatable bonds is 12. The number of hydrogen-bond donors (Lipinski definition) is 4. The molecule has 0 radical (unpaired) electrons. The first-order valence-corrected chi connectivity index (χ1v) is 23.2. The molecule has 0 saturated carbocycles. The third-order valence-electron chi connectivity index (χ3n) is 6.91. The smallest absolute Gasteiger partial charge is 0.434 e. The second-order valence-corrected chi connectivity index (χ2v) is 19.2. The fraction of sp³-hybridized carbons (Fsp3) is 0.412. The van der Waals surface area contributed by atoms with Crippen molar-refractivity contribution in [3.63, 3.8) is 0 Å². The molecule has 16 nitrogen and oxygen atoms in total. The van der Waals surface area contributed by atoms with Crippen LogP contribution in [0.25, 0.3) is 16.9 Å². The molecule has 0 bridgehead atoms. The molecule has 4 rings (SSSR count). The van der Waals surface area contributed by atoms with Crippen LogP contribution in [-0.4, -0.2) is 100 Å². The summed E-state index contributed by atoms with van der Waals surface area (Å²) in [5, 5.41) is 24.4. The van der Waals surface area contributed by atoms with Crippen LogP contribution in [0, 0.1) is 18.6 Å². The monoisotopic (exact) mass is 1070 g/mol. The summed E-state index contributed by atoms with van der Waals surface area (Å²) >= 11 is 20.1. The highest BCUT2D eigenvalue weighted by Crippen LogP contribution is 2.41. The fourth-order valence-electron chi connectivity index (χ4n) is 4.48. The van der Waals surface area contributed by atoms with Crippen molar-refractivity contribution < 1.29 is 74.4 Å². The van der Waals surface area contributed by atoms with Gasteiger partial charge in [-0.05, 0) is 77.4 Å². The SMILES string of the molecule is CC(C)OC(=O)c1cc(-c2nn(C)c(C(F)(F)F)c2Br)c(F)cc1Cl.C[S+](C)C.Cc1nn(-c2cc(CC(Cl)C(=O)O)c(Cl)cc2F)c(=O)n1C(F)F.O=C(O)CNCP(=O)([O-])O. The Morgan fingerprint density at radius 3 is 2.00 bits per heavy atom. The largest absolute Gasteiger partial charge is 0.778 e. The molecule has 0 saturated heterocycles. The molecule has 4 aromatic rings. The van der Waals surface area contributed by atoms with Crippen molar-refractivity contribution in [3.05, 3.63) is 83.5 Å². The first kappa shape index (κ1) is 57.3. The van der Waals surface area contributed by atoms with E-state index in [2.05, 4.69) is 44.9 Å². The maximum Gasteiger partial charge on any atom is 0.434 e. The molecule has 0 fully saturated rings. The summed E-state index contributed by atoms with van der Waals surface area (Å²) in [6.45, 7) is 0.771. The summed E-state index contributed by atoms with van der Waals surface area (Å²) < 4.78 is 109. The molecule has 0 aliphatic heterocycles. The van der Waals surface area contributed by atoms with Crippen LogP contribution in [0.4, 0.5) is 30.7 Å². The van der Waals surface area contributed by atoms with E-state index in [9.17, 15) is 59.4 Å². The van der Waals surface area contributed by atoms with Gasteiger partial charge in [0.25, 0.3) is 0 Å². The summed E-state index contributed by atoms with van der Waals surface area (Å²) in [5.41, 5.74) is -3.40. The minimum absolute atomic E-state index is 0.0926. The number of ether oxygens (including phenoxy) is 1. The van der Waals surface area contributed by atoms with Gasteiger partial charge in [-0.25, -0.2) is 22.9 Å². The minimum atomic E-state index is -4.69. The van der Waals surface area contributed by atoms with Crippen LogP contribution in [0.15, 0.2) is 33.5 Å². The number of benzene rings is 2. The van der Waals surface area contributed by atoms with Crippen LogP contribution in [0.2, 0.25) is 10.0 Å². The Kier molecular flexibility index (Phi) is 22.4. The topological polar surface area (TPSA) is 231 Å². The maximum absolute atomic E-state index is 14.3. The zero-order valence-corrected chi connectivity index (χ0v) is 39.2. The number of hydrogen-bond acceptors (Lipinski definition) is 10. The Morgan fingerprint density at radius 1 is 1.03 bits per heavy atom. The van der Waals surface area contributed by atoms with Crippen LogP contribution < -0.4 is 15.9 Å². The molecule has 2 heterocycles. The van der Waals surface area contributed by atoms with Gasteiger partial charge in [-0.2, -0.15) is 31.7 Å². The predicted molar refractivity (Wildman–Crippen MR) is 222 cm³/mol. The number of esters is 1. The van der Waals surface area contributed by atoms with Gasteiger partial charge in [0, 0.05) is 24.1 Å². The average Bonchev–Trinajstić information content (AvgIpc) is 3.57. The lowest BCUT2D eigenvalue weighted by atomic mass is 10.1. The van der Waals surface area contributed by atoms with Gasteiger partial charge in [0.05, 0.1) is 52.8 Å². The lowest BCUT2D eigenvalue weighted by molar-refractivity contribution is -0.193. The van der Waals surface area contributed by atoms with Crippen LogP contribution in [-0.2, 0) is 49.4 Å². The summed E-state index contributed by atoms with van der Waals surface area (Å²) in [4.78, 5) is 62.6. The number of nitrogens with one attached hydrogen (secondary N) is 1. The van der Waals surface area contributed by atoms with E-state index < -0.39 is 95.7 Å². The van der Waals surface area contributed by atoms with E-state index >= 15 is 0 Å². The Bertz CT molecular complexity index is 2360. The molecule has 2 aromatic carbocycles. The molecule has 0 spiro atoms. The van der Waals surface area contributed by atoms with E-state index in [-0.39, 0.29) is 49.2 Å². The minimum Gasteiger partial charge on any atom is -0.778 e. The molecule has 2 atom stereocenters. The lowest BCUT2D eigenvalue weighted by Crippen LogP contribution is -2.25. The molecule has 29 heteroatoms. The number of aliphatic carboxylic acids is 2. The Morgan fingerprint density at radius 2 is 1.57 bits per heavy atom. The highest BCUT2D eigenvalue weighted by atomic mass is 79.9. The van der Waals surface area contributed by atoms with Crippen molar-refractivity contribution in [2.75, 3.05) is 31.6 Å². The van der Waals surface area contributed by atoms with E-state index in [1.165, 1.54) is 0 Å². The molecule has 352 valence electrons. The van der Waals surface area contributed by atoms with Gasteiger partial charge in [-0.15, -0.1) is 16.7 Å². The molecule has 2 aromatic heterocycles. The van der Waals surface area contributed by atoms with Crippen molar-refractivity contribution in [2.24, 2.45) is 7.05 Å². The van der Waals surface area contributed by atoms with Crippen LogP contribution in [0.3, 0.4) is 0 Å². The number of carboxylic acid groups (broad SMARTS) is 2.